The van der Waals surface area contributed by atoms with Crippen molar-refractivity contribution in [3.05, 3.63) is 18.2 Å². The number of benzene rings is 1. The van der Waals surface area contributed by atoms with Gasteiger partial charge in [-0.05, 0) is 12.1 Å². The predicted molar refractivity (Wildman–Crippen MR) is 65.4 cm³/mol. The van der Waals surface area contributed by atoms with E-state index in [0.717, 1.165) is 11.8 Å². The standard InChI is InChI=1S/C11H11F3N2O2S/c1-18-6-2-3-7-8(4-6)16-10(15-7)19-5-9(17)11(12,13)14/h2-4,9,17H,5H2,1H3,(H,15,16). The summed E-state index contributed by atoms with van der Waals surface area (Å²) in [5.74, 6) is 0.128. The summed E-state index contributed by atoms with van der Waals surface area (Å²) in [6.07, 6.45) is -6.97. The number of imidazole rings is 1. The predicted octanol–water partition coefficient (Wildman–Crippen LogP) is 2.59. The molecule has 2 N–H and O–H groups in total. The zero-order valence-corrected chi connectivity index (χ0v) is 10.7. The molecule has 0 saturated heterocycles. The number of aromatic nitrogens is 2. The molecule has 0 radical (unpaired) electrons. The summed E-state index contributed by atoms with van der Waals surface area (Å²) in [6, 6.07) is 5.11. The molecule has 19 heavy (non-hydrogen) atoms. The molecular weight excluding hydrogens is 281 g/mol. The van der Waals surface area contributed by atoms with E-state index in [-0.39, 0.29) is 0 Å². The topological polar surface area (TPSA) is 58.1 Å². The Labute approximate surface area is 111 Å². The second-order valence-corrected chi connectivity index (χ2v) is 4.80. The van der Waals surface area contributed by atoms with Crippen LogP contribution in [0, 0.1) is 0 Å². The number of H-pyrrole nitrogens is 1. The fraction of sp³-hybridized carbons (Fsp3) is 0.364. The molecule has 1 heterocycles. The molecule has 2 aromatic rings. The highest BCUT2D eigenvalue weighted by Gasteiger charge is 2.38. The lowest BCUT2D eigenvalue weighted by molar-refractivity contribution is -0.195. The minimum absolute atomic E-state index is 0.326. The van der Waals surface area contributed by atoms with Crippen LogP contribution in [0.3, 0.4) is 0 Å². The lowest BCUT2D eigenvalue weighted by Crippen LogP contribution is -2.30. The second-order valence-electron chi connectivity index (χ2n) is 3.79. The maximum absolute atomic E-state index is 12.1. The molecule has 0 saturated carbocycles. The fourth-order valence-electron chi connectivity index (χ4n) is 1.41. The number of alkyl halides is 3. The number of aromatic amines is 1. The first kappa shape index (κ1) is 14.0. The summed E-state index contributed by atoms with van der Waals surface area (Å²) < 4.78 is 41.5. The van der Waals surface area contributed by atoms with Crippen LogP contribution < -0.4 is 4.74 Å². The number of aliphatic hydroxyl groups is 1. The van der Waals surface area contributed by atoms with Gasteiger partial charge in [-0.2, -0.15) is 13.2 Å². The number of thioether (sulfide) groups is 1. The molecule has 8 heteroatoms. The molecule has 0 aliphatic heterocycles. The van der Waals surface area contributed by atoms with E-state index >= 15 is 0 Å². The molecule has 0 spiro atoms. The molecule has 2 rings (SSSR count). The Bertz CT molecular complexity index is 571. The van der Waals surface area contributed by atoms with Crippen molar-refractivity contribution < 1.29 is 23.0 Å². The van der Waals surface area contributed by atoms with Crippen LogP contribution in [0.5, 0.6) is 5.75 Å². The molecule has 4 nitrogen and oxygen atoms in total. The lowest BCUT2D eigenvalue weighted by Gasteiger charge is -2.12. The quantitative estimate of drug-likeness (QED) is 0.850. The van der Waals surface area contributed by atoms with Gasteiger partial charge in [0.15, 0.2) is 11.3 Å². The van der Waals surface area contributed by atoms with Gasteiger partial charge in [0.2, 0.25) is 0 Å². The Morgan fingerprint density at radius 1 is 1.47 bits per heavy atom. The minimum Gasteiger partial charge on any atom is -0.497 e. The summed E-state index contributed by atoms with van der Waals surface area (Å²) in [4.78, 5) is 6.99. The largest absolute Gasteiger partial charge is 0.497 e. The number of nitrogens with zero attached hydrogens (tertiary/aromatic N) is 1. The van der Waals surface area contributed by atoms with Crippen LogP contribution in [0.2, 0.25) is 0 Å². The van der Waals surface area contributed by atoms with Gasteiger partial charge in [0.05, 0.1) is 18.1 Å². The van der Waals surface area contributed by atoms with Crippen LogP contribution in [-0.2, 0) is 0 Å². The van der Waals surface area contributed by atoms with E-state index < -0.39 is 18.0 Å². The molecule has 0 amide bonds. The van der Waals surface area contributed by atoms with Gasteiger partial charge in [0, 0.05) is 11.8 Å². The van der Waals surface area contributed by atoms with Gasteiger partial charge in [0.1, 0.15) is 5.75 Å². The molecule has 0 aliphatic rings. The number of rotatable bonds is 4. The number of hydrogen-bond donors (Lipinski definition) is 2. The van der Waals surface area contributed by atoms with Crippen molar-refractivity contribution >= 4 is 22.8 Å². The van der Waals surface area contributed by atoms with E-state index in [2.05, 4.69) is 9.97 Å². The van der Waals surface area contributed by atoms with E-state index in [0.29, 0.717) is 21.9 Å². The first-order chi connectivity index (χ1) is 8.90. The van der Waals surface area contributed by atoms with Gasteiger partial charge in [-0.1, -0.05) is 11.8 Å². The fourth-order valence-corrected chi connectivity index (χ4v) is 2.26. The van der Waals surface area contributed by atoms with Gasteiger partial charge in [0.25, 0.3) is 0 Å². The summed E-state index contributed by atoms with van der Waals surface area (Å²) in [6.45, 7) is 0. The number of aliphatic hydroxyl groups excluding tert-OH is 1. The van der Waals surface area contributed by atoms with Gasteiger partial charge in [-0.25, -0.2) is 4.98 Å². The van der Waals surface area contributed by atoms with E-state index in [1.165, 1.54) is 7.11 Å². The molecule has 1 atom stereocenters. The Balaban J connectivity index is 2.09. The Morgan fingerprint density at radius 2 is 2.21 bits per heavy atom. The van der Waals surface area contributed by atoms with Crippen molar-refractivity contribution in [2.24, 2.45) is 0 Å². The van der Waals surface area contributed by atoms with E-state index in [1.54, 1.807) is 18.2 Å². The van der Waals surface area contributed by atoms with Crippen LogP contribution in [-0.4, -0.2) is 40.2 Å². The van der Waals surface area contributed by atoms with Gasteiger partial charge < -0.3 is 14.8 Å². The van der Waals surface area contributed by atoms with E-state index in [4.69, 9.17) is 9.84 Å². The third-order valence-electron chi connectivity index (χ3n) is 2.42. The Morgan fingerprint density at radius 3 is 2.84 bits per heavy atom. The highest BCUT2D eigenvalue weighted by atomic mass is 32.2. The molecule has 0 bridgehead atoms. The molecule has 1 aromatic heterocycles. The van der Waals surface area contributed by atoms with Gasteiger partial charge in [-0.15, -0.1) is 0 Å². The van der Waals surface area contributed by atoms with Crippen LogP contribution in [0.4, 0.5) is 13.2 Å². The van der Waals surface area contributed by atoms with Crippen molar-refractivity contribution in [3.8, 4) is 5.75 Å². The molecule has 1 unspecified atom stereocenters. The van der Waals surface area contributed by atoms with E-state index in [1.807, 2.05) is 0 Å². The van der Waals surface area contributed by atoms with Crippen molar-refractivity contribution in [1.29, 1.82) is 0 Å². The minimum atomic E-state index is -4.61. The number of hydrogen-bond acceptors (Lipinski definition) is 4. The van der Waals surface area contributed by atoms with Crippen molar-refractivity contribution in [2.75, 3.05) is 12.9 Å². The molecule has 0 aliphatic carbocycles. The summed E-state index contributed by atoms with van der Waals surface area (Å²) in [5.41, 5.74) is 1.30. The summed E-state index contributed by atoms with van der Waals surface area (Å²) >= 11 is 0.817. The second kappa shape index (κ2) is 5.30. The van der Waals surface area contributed by atoms with E-state index in [9.17, 15) is 13.2 Å². The van der Waals surface area contributed by atoms with Crippen LogP contribution >= 0.6 is 11.8 Å². The first-order valence-corrected chi connectivity index (χ1v) is 6.30. The lowest BCUT2D eigenvalue weighted by atomic mass is 10.3. The third kappa shape index (κ3) is 3.32. The Hall–Kier alpha value is -1.41. The van der Waals surface area contributed by atoms with Crippen LogP contribution in [0.1, 0.15) is 0 Å². The Kier molecular flexibility index (Phi) is 3.91. The third-order valence-corrected chi connectivity index (χ3v) is 3.37. The zero-order valence-electron chi connectivity index (χ0n) is 9.86. The molecule has 0 fully saturated rings. The number of halogens is 3. The SMILES string of the molecule is COc1ccc2nc(SCC(O)C(F)(F)F)[nH]c2c1. The maximum Gasteiger partial charge on any atom is 0.415 e. The molecular formula is C11H11F3N2O2S. The number of methoxy groups -OCH3 is 1. The normalized spacial score (nSPS) is 13.7. The van der Waals surface area contributed by atoms with Crippen LogP contribution in [0.15, 0.2) is 23.4 Å². The monoisotopic (exact) mass is 292 g/mol. The number of ether oxygens (including phenoxy) is 1. The van der Waals surface area contributed by atoms with Crippen molar-refractivity contribution in [3.63, 3.8) is 0 Å². The first-order valence-electron chi connectivity index (χ1n) is 5.31. The average Bonchev–Trinajstić information content (AvgIpc) is 2.76. The number of fused-ring (bicyclic) bond motifs is 1. The zero-order chi connectivity index (χ0) is 14.0. The maximum atomic E-state index is 12.1. The summed E-state index contributed by atoms with van der Waals surface area (Å²) in [7, 11) is 1.52. The van der Waals surface area contributed by atoms with Gasteiger partial charge >= 0.3 is 6.18 Å². The highest BCUT2D eigenvalue weighted by Crippen LogP contribution is 2.27. The average molecular weight is 292 g/mol. The number of nitrogens with one attached hydrogen (secondary N) is 1. The molecule has 104 valence electrons. The summed E-state index contributed by atoms with van der Waals surface area (Å²) in [5, 5.41) is 9.22. The molecule has 1 aromatic carbocycles. The van der Waals surface area contributed by atoms with Crippen molar-refractivity contribution in [2.45, 2.75) is 17.4 Å². The van der Waals surface area contributed by atoms with Gasteiger partial charge in [-0.3, -0.25) is 0 Å². The smallest absolute Gasteiger partial charge is 0.415 e. The van der Waals surface area contributed by atoms with Crippen molar-refractivity contribution in [1.82, 2.24) is 9.97 Å². The van der Waals surface area contributed by atoms with Crippen LogP contribution in [0.25, 0.3) is 11.0 Å². The highest BCUT2D eigenvalue weighted by molar-refractivity contribution is 7.99.